The Kier molecular flexibility index (Phi) is 5.86. The molecule has 1 atom stereocenters. The highest BCUT2D eigenvalue weighted by molar-refractivity contribution is 5.45. The van der Waals surface area contributed by atoms with Crippen LogP contribution in [-0.2, 0) is 0 Å². The van der Waals surface area contributed by atoms with Crippen LogP contribution in [0.2, 0.25) is 0 Å². The molecule has 0 fully saturated rings. The van der Waals surface area contributed by atoms with E-state index >= 15 is 0 Å². The van der Waals surface area contributed by atoms with Crippen molar-refractivity contribution in [2.24, 2.45) is 0 Å². The van der Waals surface area contributed by atoms with Gasteiger partial charge in [0.25, 0.3) is 0 Å². The van der Waals surface area contributed by atoms with E-state index in [1.807, 2.05) is 13.1 Å². The lowest BCUT2D eigenvalue weighted by Crippen LogP contribution is -2.22. The molecule has 0 aliphatic rings. The molecule has 1 aromatic rings. The average molecular weight is 247 g/mol. The maximum Gasteiger partial charge on any atom is 0.0574 e. The molecule has 1 aromatic heterocycles. The van der Waals surface area contributed by atoms with Crippen LogP contribution in [0.3, 0.4) is 0 Å². The van der Waals surface area contributed by atoms with E-state index in [0.717, 1.165) is 36.5 Å². The standard InChI is InChI=1S/C15H25N3/c1-6-14(16-7-2)15-9-8-13(10-17-15)18(5)11-12(3)4/h8-10,14,16H,3,6-7,11H2,1-2,4-5H3. The Morgan fingerprint density at radius 2 is 2.17 bits per heavy atom. The Bertz CT molecular complexity index is 370. The van der Waals surface area contributed by atoms with Crippen LogP contribution in [0.5, 0.6) is 0 Å². The van der Waals surface area contributed by atoms with Gasteiger partial charge in [-0.1, -0.05) is 26.0 Å². The number of likely N-dealkylation sites (N-methyl/N-ethyl adjacent to an activating group) is 1. The van der Waals surface area contributed by atoms with Gasteiger partial charge in [0.1, 0.15) is 0 Å². The number of nitrogens with one attached hydrogen (secondary N) is 1. The third-order valence-corrected chi connectivity index (χ3v) is 2.93. The first-order valence-corrected chi connectivity index (χ1v) is 6.63. The Labute approximate surface area is 111 Å². The fourth-order valence-corrected chi connectivity index (χ4v) is 2.03. The molecule has 0 amide bonds. The summed E-state index contributed by atoms with van der Waals surface area (Å²) in [4.78, 5) is 6.72. The van der Waals surface area contributed by atoms with Gasteiger partial charge in [0.15, 0.2) is 0 Å². The first kappa shape index (κ1) is 14.7. The van der Waals surface area contributed by atoms with Gasteiger partial charge in [-0.05, 0) is 32.0 Å². The third-order valence-electron chi connectivity index (χ3n) is 2.93. The summed E-state index contributed by atoms with van der Waals surface area (Å²) in [5.74, 6) is 0. The van der Waals surface area contributed by atoms with E-state index in [1.165, 1.54) is 0 Å². The van der Waals surface area contributed by atoms with Crippen LogP contribution in [0.25, 0.3) is 0 Å². The summed E-state index contributed by atoms with van der Waals surface area (Å²) in [7, 11) is 2.06. The van der Waals surface area contributed by atoms with Crippen molar-refractivity contribution in [1.82, 2.24) is 10.3 Å². The molecule has 3 heteroatoms. The molecule has 0 bridgehead atoms. The number of nitrogens with zero attached hydrogens (tertiary/aromatic N) is 2. The molecule has 0 aromatic carbocycles. The molecule has 0 spiro atoms. The van der Waals surface area contributed by atoms with Crippen LogP contribution >= 0.6 is 0 Å². The van der Waals surface area contributed by atoms with Gasteiger partial charge in [-0.15, -0.1) is 0 Å². The molecule has 18 heavy (non-hydrogen) atoms. The van der Waals surface area contributed by atoms with Crippen LogP contribution in [0, 0.1) is 0 Å². The van der Waals surface area contributed by atoms with Crippen molar-refractivity contribution in [2.75, 3.05) is 25.0 Å². The van der Waals surface area contributed by atoms with Crippen LogP contribution < -0.4 is 10.2 Å². The van der Waals surface area contributed by atoms with Gasteiger partial charge in [0.05, 0.1) is 17.6 Å². The van der Waals surface area contributed by atoms with E-state index in [-0.39, 0.29) is 0 Å². The lowest BCUT2D eigenvalue weighted by atomic mass is 10.1. The van der Waals surface area contributed by atoms with Gasteiger partial charge in [-0.3, -0.25) is 4.98 Å². The molecule has 1 unspecified atom stereocenters. The number of rotatable bonds is 7. The Morgan fingerprint density at radius 3 is 2.61 bits per heavy atom. The molecular weight excluding hydrogens is 222 g/mol. The Hall–Kier alpha value is -1.35. The van der Waals surface area contributed by atoms with Crippen molar-refractivity contribution in [3.63, 3.8) is 0 Å². The maximum absolute atomic E-state index is 4.56. The number of hydrogen-bond donors (Lipinski definition) is 1. The molecule has 1 rings (SSSR count). The molecule has 0 saturated carbocycles. The molecule has 0 aliphatic carbocycles. The quantitative estimate of drug-likeness (QED) is 0.750. The summed E-state index contributed by atoms with van der Waals surface area (Å²) < 4.78 is 0. The van der Waals surface area contributed by atoms with Crippen molar-refractivity contribution in [3.8, 4) is 0 Å². The summed E-state index contributed by atoms with van der Waals surface area (Å²) in [6.45, 7) is 12.1. The fourth-order valence-electron chi connectivity index (χ4n) is 2.03. The number of pyridine rings is 1. The molecule has 3 nitrogen and oxygen atoms in total. The first-order chi connectivity index (χ1) is 8.58. The Balaban J connectivity index is 2.75. The van der Waals surface area contributed by atoms with Gasteiger partial charge in [-0.25, -0.2) is 0 Å². The molecular formula is C15H25N3. The zero-order valence-electron chi connectivity index (χ0n) is 12.0. The van der Waals surface area contributed by atoms with Crippen molar-refractivity contribution in [1.29, 1.82) is 0 Å². The van der Waals surface area contributed by atoms with Crippen molar-refractivity contribution in [2.45, 2.75) is 33.2 Å². The first-order valence-electron chi connectivity index (χ1n) is 6.63. The summed E-state index contributed by atoms with van der Waals surface area (Å²) >= 11 is 0. The highest BCUT2D eigenvalue weighted by Crippen LogP contribution is 2.18. The second-order valence-corrected chi connectivity index (χ2v) is 4.77. The molecule has 0 saturated heterocycles. The van der Waals surface area contributed by atoms with Gasteiger partial charge in [-0.2, -0.15) is 0 Å². The van der Waals surface area contributed by atoms with E-state index in [4.69, 9.17) is 0 Å². The zero-order valence-corrected chi connectivity index (χ0v) is 12.0. The van der Waals surface area contributed by atoms with E-state index in [0.29, 0.717) is 6.04 Å². The van der Waals surface area contributed by atoms with E-state index in [9.17, 15) is 0 Å². The van der Waals surface area contributed by atoms with Crippen molar-refractivity contribution < 1.29 is 0 Å². The van der Waals surface area contributed by atoms with Crippen LogP contribution in [0.4, 0.5) is 5.69 Å². The summed E-state index contributed by atoms with van der Waals surface area (Å²) in [6, 6.07) is 4.60. The van der Waals surface area contributed by atoms with E-state index in [2.05, 4.69) is 54.8 Å². The molecule has 0 radical (unpaired) electrons. The fraction of sp³-hybridized carbons (Fsp3) is 0.533. The van der Waals surface area contributed by atoms with Gasteiger partial charge in [0, 0.05) is 19.6 Å². The minimum atomic E-state index is 0.357. The molecule has 1 heterocycles. The molecule has 100 valence electrons. The largest absolute Gasteiger partial charge is 0.369 e. The second kappa shape index (κ2) is 7.17. The molecule has 1 N–H and O–H groups in total. The average Bonchev–Trinajstić information content (AvgIpc) is 2.35. The Morgan fingerprint density at radius 1 is 1.44 bits per heavy atom. The van der Waals surface area contributed by atoms with E-state index in [1.54, 1.807) is 0 Å². The van der Waals surface area contributed by atoms with Crippen molar-refractivity contribution in [3.05, 3.63) is 36.2 Å². The smallest absolute Gasteiger partial charge is 0.0574 e. The van der Waals surface area contributed by atoms with Crippen molar-refractivity contribution >= 4 is 5.69 Å². The lowest BCUT2D eigenvalue weighted by Gasteiger charge is -2.20. The van der Waals surface area contributed by atoms with E-state index < -0.39 is 0 Å². The topological polar surface area (TPSA) is 28.2 Å². The summed E-state index contributed by atoms with van der Waals surface area (Å²) in [6.07, 6.45) is 3.00. The SMILES string of the molecule is C=C(C)CN(C)c1ccc(C(CC)NCC)nc1. The predicted octanol–water partition coefficient (Wildman–Crippen LogP) is 3.15. The van der Waals surface area contributed by atoms with Crippen LogP contribution in [0.15, 0.2) is 30.5 Å². The zero-order chi connectivity index (χ0) is 13.5. The number of aromatic nitrogens is 1. The number of anilines is 1. The normalized spacial score (nSPS) is 12.2. The summed E-state index contributed by atoms with van der Waals surface area (Å²) in [5, 5.41) is 3.44. The lowest BCUT2D eigenvalue weighted by molar-refractivity contribution is 0.525. The van der Waals surface area contributed by atoms with Gasteiger partial charge in [0.2, 0.25) is 0 Å². The van der Waals surface area contributed by atoms with Gasteiger partial charge < -0.3 is 10.2 Å². The minimum absolute atomic E-state index is 0.357. The minimum Gasteiger partial charge on any atom is -0.369 e. The number of hydrogen-bond acceptors (Lipinski definition) is 3. The highest BCUT2D eigenvalue weighted by Gasteiger charge is 2.09. The monoisotopic (exact) mass is 247 g/mol. The van der Waals surface area contributed by atoms with Crippen LogP contribution in [0.1, 0.15) is 38.9 Å². The third kappa shape index (κ3) is 4.15. The van der Waals surface area contributed by atoms with Gasteiger partial charge >= 0.3 is 0 Å². The maximum atomic E-state index is 4.56. The van der Waals surface area contributed by atoms with Crippen LogP contribution in [-0.4, -0.2) is 25.1 Å². The predicted molar refractivity (Wildman–Crippen MR) is 79.0 cm³/mol. The highest BCUT2D eigenvalue weighted by atomic mass is 15.1. The molecule has 0 aliphatic heterocycles. The summed E-state index contributed by atoms with van der Waals surface area (Å²) in [5.41, 5.74) is 3.40. The second-order valence-electron chi connectivity index (χ2n) is 4.77.